The number of hydrogen-bond acceptors (Lipinski definition) is 1. The van der Waals surface area contributed by atoms with Crippen LogP contribution in [0.3, 0.4) is 0 Å². The molecule has 0 radical (unpaired) electrons. The maximum absolute atomic E-state index is 11.9. The maximum atomic E-state index is 11.9. The molecule has 0 spiro atoms. The zero-order valence-corrected chi connectivity index (χ0v) is 12.6. The standard InChI is InChI=1S/C13H17BrClNO/c1-8(2)9(3)7-16-13(17)10-4-5-12(15)11(14)6-10/h4-6,8-9H,7H2,1-3H3,(H,16,17). The lowest BCUT2D eigenvalue weighted by atomic mass is 9.98. The molecule has 0 saturated heterocycles. The molecule has 17 heavy (non-hydrogen) atoms. The van der Waals surface area contributed by atoms with Crippen molar-refractivity contribution >= 4 is 33.4 Å². The summed E-state index contributed by atoms with van der Waals surface area (Å²) in [4.78, 5) is 11.9. The summed E-state index contributed by atoms with van der Waals surface area (Å²) in [7, 11) is 0. The van der Waals surface area contributed by atoms with Gasteiger partial charge >= 0.3 is 0 Å². The highest BCUT2D eigenvalue weighted by molar-refractivity contribution is 9.10. The third kappa shape index (κ3) is 4.32. The second-order valence-corrected chi connectivity index (χ2v) is 5.82. The molecule has 1 atom stereocenters. The van der Waals surface area contributed by atoms with Crippen molar-refractivity contribution in [1.82, 2.24) is 5.32 Å². The van der Waals surface area contributed by atoms with Gasteiger partial charge in [0.1, 0.15) is 0 Å². The van der Waals surface area contributed by atoms with E-state index in [2.05, 4.69) is 42.0 Å². The maximum Gasteiger partial charge on any atom is 0.251 e. The number of halogens is 2. The van der Waals surface area contributed by atoms with Gasteiger partial charge in [-0.1, -0.05) is 32.4 Å². The van der Waals surface area contributed by atoms with Gasteiger partial charge in [-0.25, -0.2) is 0 Å². The Morgan fingerprint density at radius 2 is 2.06 bits per heavy atom. The van der Waals surface area contributed by atoms with Gasteiger partial charge in [0.2, 0.25) is 0 Å². The van der Waals surface area contributed by atoms with E-state index in [1.807, 2.05) is 0 Å². The van der Waals surface area contributed by atoms with Crippen molar-refractivity contribution in [2.45, 2.75) is 20.8 Å². The molecule has 1 N–H and O–H groups in total. The third-order valence-corrected chi connectivity index (χ3v) is 4.12. The van der Waals surface area contributed by atoms with Crippen molar-refractivity contribution in [2.24, 2.45) is 11.8 Å². The number of benzene rings is 1. The topological polar surface area (TPSA) is 29.1 Å². The van der Waals surface area contributed by atoms with E-state index >= 15 is 0 Å². The average molecular weight is 319 g/mol. The van der Waals surface area contributed by atoms with E-state index < -0.39 is 0 Å². The molecule has 2 nitrogen and oxygen atoms in total. The fraction of sp³-hybridized carbons (Fsp3) is 0.462. The molecule has 1 aromatic rings. The molecule has 0 aliphatic carbocycles. The van der Waals surface area contributed by atoms with E-state index in [1.54, 1.807) is 18.2 Å². The smallest absolute Gasteiger partial charge is 0.251 e. The van der Waals surface area contributed by atoms with Gasteiger partial charge < -0.3 is 5.32 Å². The van der Waals surface area contributed by atoms with E-state index in [-0.39, 0.29) is 5.91 Å². The molecule has 1 aromatic carbocycles. The monoisotopic (exact) mass is 317 g/mol. The fourth-order valence-corrected chi connectivity index (χ4v) is 1.73. The Labute approximate surface area is 116 Å². The second-order valence-electron chi connectivity index (χ2n) is 4.56. The lowest BCUT2D eigenvalue weighted by Crippen LogP contribution is -2.30. The molecule has 0 aliphatic rings. The number of hydrogen-bond donors (Lipinski definition) is 1. The van der Waals surface area contributed by atoms with Crippen LogP contribution in [-0.2, 0) is 0 Å². The summed E-state index contributed by atoms with van der Waals surface area (Å²) in [6.45, 7) is 7.12. The molecule has 0 fully saturated rings. The van der Waals surface area contributed by atoms with Gasteiger partial charge in [0.05, 0.1) is 5.02 Å². The molecular weight excluding hydrogens is 302 g/mol. The van der Waals surface area contributed by atoms with Gasteiger partial charge in [0.15, 0.2) is 0 Å². The molecule has 0 heterocycles. The first kappa shape index (κ1) is 14.5. The lowest BCUT2D eigenvalue weighted by Gasteiger charge is -2.16. The SMILES string of the molecule is CC(C)C(C)CNC(=O)c1ccc(Cl)c(Br)c1. The predicted octanol–water partition coefficient (Wildman–Crippen LogP) is 4.12. The molecule has 0 aromatic heterocycles. The molecule has 1 unspecified atom stereocenters. The molecule has 1 rings (SSSR count). The summed E-state index contributed by atoms with van der Waals surface area (Å²) in [6, 6.07) is 5.17. The summed E-state index contributed by atoms with van der Waals surface area (Å²) < 4.78 is 0.740. The first-order valence-corrected chi connectivity index (χ1v) is 6.82. The lowest BCUT2D eigenvalue weighted by molar-refractivity contribution is 0.0945. The Balaban J connectivity index is 2.61. The molecule has 0 saturated carbocycles. The number of carbonyl (C=O) groups is 1. The van der Waals surface area contributed by atoms with Crippen molar-refractivity contribution in [1.29, 1.82) is 0 Å². The Morgan fingerprint density at radius 1 is 1.41 bits per heavy atom. The molecule has 0 bridgehead atoms. The third-order valence-electron chi connectivity index (χ3n) is 2.90. The zero-order chi connectivity index (χ0) is 13.0. The molecular formula is C13H17BrClNO. The van der Waals surface area contributed by atoms with Crippen LogP contribution in [0.25, 0.3) is 0 Å². The quantitative estimate of drug-likeness (QED) is 0.889. The van der Waals surface area contributed by atoms with E-state index in [0.29, 0.717) is 29.0 Å². The average Bonchev–Trinajstić information content (AvgIpc) is 2.28. The van der Waals surface area contributed by atoms with Crippen LogP contribution in [-0.4, -0.2) is 12.5 Å². The highest BCUT2D eigenvalue weighted by Gasteiger charge is 2.11. The molecule has 0 aliphatic heterocycles. The summed E-state index contributed by atoms with van der Waals surface area (Å²) in [6.07, 6.45) is 0. The van der Waals surface area contributed by atoms with Gasteiger partial charge in [-0.05, 0) is 46.0 Å². The number of rotatable bonds is 4. The summed E-state index contributed by atoms with van der Waals surface area (Å²) in [5.41, 5.74) is 0.622. The van der Waals surface area contributed by atoms with E-state index in [9.17, 15) is 4.79 Å². The summed E-state index contributed by atoms with van der Waals surface area (Å²) in [5.74, 6) is 0.969. The fourth-order valence-electron chi connectivity index (χ4n) is 1.23. The van der Waals surface area contributed by atoms with Crippen LogP contribution in [0.4, 0.5) is 0 Å². The minimum absolute atomic E-state index is 0.0603. The van der Waals surface area contributed by atoms with Gasteiger partial charge in [0, 0.05) is 16.6 Å². The Bertz CT molecular complexity index is 406. The van der Waals surface area contributed by atoms with Crippen LogP contribution in [0.1, 0.15) is 31.1 Å². The van der Waals surface area contributed by atoms with Crippen molar-refractivity contribution in [3.05, 3.63) is 33.3 Å². The summed E-state index contributed by atoms with van der Waals surface area (Å²) in [5, 5.41) is 3.53. The Kier molecular flexibility index (Phi) is 5.47. The largest absolute Gasteiger partial charge is 0.352 e. The number of amides is 1. The van der Waals surface area contributed by atoms with Crippen molar-refractivity contribution in [3.63, 3.8) is 0 Å². The van der Waals surface area contributed by atoms with Gasteiger partial charge in [-0.15, -0.1) is 0 Å². The molecule has 94 valence electrons. The van der Waals surface area contributed by atoms with Gasteiger partial charge in [0.25, 0.3) is 5.91 Å². The van der Waals surface area contributed by atoms with Crippen LogP contribution in [0.2, 0.25) is 5.02 Å². The van der Waals surface area contributed by atoms with Crippen LogP contribution in [0, 0.1) is 11.8 Å². The molecule has 1 amide bonds. The number of carbonyl (C=O) groups excluding carboxylic acids is 1. The normalized spacial score (nSPS) is 12.6. The highest BCUT2D eigenvalue weighted by Crippen LogP contribution is 2.23. The minimum Gasteiger partial charge on any atom is -0.352 e. The zero-order valence-electron chi connectivity index (χ0n) is 10.3. The van der Waals surface area contributed by atoms with Crippen LogP contribution in [0.15, 0.2) is 22.7 Å². The first-order chi connectivity index (χ1) is 7.91. The van der Waals surface area contributed by atoms with E-state index in [4.69, 9.17) is 11.6 Å². The first-order valence-electron chi connectivity index (χ1n) is 5.65. The van der Waals surface area contributed by atoms with E-state index in [0.717, 1.165) is 4.47 Å². The minimum atomic E-state index is -0.0603. The van der Waals surface area contributed by atoms with Crippen molar-refractivity contribution < 1.29 is 4.79 Å². The van der Waals surface area contributed by atoms with E-state index in [1.165, 1.54) is 0 Å². The van der Waals surface area contributed by atoms with Crippen LogP contribution < -0.4 is 5.32 Å². The van der Waals surface area contributed by atoms with Crippen LogP contribution >= 0.6 is 27.5 Å². The Hall–Kier alpha value is -0.540. The van der Waals surface area contributed by atoms with Crippen LogP contribution in [0.5, 0.6) is 0 Å². The number of nitrogens with one attached hydrogen (secondary N) is 1. The van der Waals surface area contributed by atoms with Crippen molar-refractivity contribution in [3.8, 4) is 0 Å². The second kappa shape index (κ2) is 6.41. The predicted molar refractivity (Wildman–Crippen MR) is 75.5 cm³/mol. The van der Waals surface area contributed by atoms with Gasteiger partial charge in [-0.2, -0.15) is 0 Å². The molecule has 4 heteroatoms. The van der Waals surface area contributed by atoms with Crippen molar-refractivity contribution in [2.75, 3.05) is 6.54 Å². The summed E-state index contributed by atoms with van der Waals surface area (Å²) >= 11 is 9.18. The highest BCUT2D eigenvalue weighted by atomic mass is 79.9. The van der Waals surface area contributed by atoms with Gasteiger partial charge in [-0.3, -0.25) is 4.79 Å². The Morgan fingerprint density at radius 3 is 2.59 bits per heavy atom.